The third kappa shape index (κ3) is 3.20. The Morgan fingerprint density at radius 3 is 2.31 bits per heavy atom. The van der Waals surface area contributed by atoms with Crippen molar-refractivity contribution in [2.24, 2.45) is 11.1 Å². The number of rotatable bonds is 6. The van der Waals surface area contributed by atoms with E-state index in [1.807, 2.05) is 24.3 Å². The lowest BCUT2D eigenvalue weighted by Crippen LogP contribution is -2.33. The summed E-state index contributed by atoms with van der Waals surface area (Å²) in [7, 11) is -2.17. The van der Waals surface area contributed by atoms with Gasteiger partial charge in [-0.05, 0) is 42.0 Å². The Hall–Kier alpha value is -0.990. The Labute approximate surface area is 171 Å². The number of methoxy groups -OCH3 is 1. The summed E-state index contributed by atoms with van der Waals surface area (Å²) in [4.78, 5) is 0.345. The maximum Gasteiger partial charge on any atom is 0.182 e. The first-order valence-electron chi connectivity index (χ1n) is 7.79. The molecule has 1 aliphatic rings. The van der Waals surface area contributed by atoms with Gasteiger partial charge in [-0.3, -0.25) is 0 Å². The number of thiocarbonyl (C=S) groups is 1. The second-order valence-corrected chi connectivity index (χ2v) is 10.1. The molecule has 0 aliphatic heterocycles. The first-order valence-corrected chi connectivity index (χ1v) is 10.9. The van der Waals surface area contributed by atoms with Crippen molar-refractivity contribution in [3.05, 3.63) is 63.6 Å². The molecule has 26 heavy (non-hydrogen) atoms. The zero-order valence-electron chi connectivity index (χ0n) is 13.9. The number of hydrogen-bond acceptors (Lipinski definition) is 4. The van der Waals surface area contributed by atoms with E-state index < -0.39 is 20.5 Å². The molecular formula is C18H17BrClNO3S2. The molecule has 0 saturated heterocycles. The predicted molar refractivity (Wildman–Crippen MR) is 110 cm³/mol. The normalized spacial score (nSPS) is 25.0. The number of sulfone groups is 1. The van der Waals surface area contributed by atoms with Gasteiger partial charge >= 0.3 is 0 Å². The van der Waals surface area contributed by atoms with Crippen LogP contribution in [0, 0.1) is 5.41 Å². The van der Waals surface area contributed by atoms with Gasteiger partial charge in [0.1, 0.15) is 0 Å². The third-order valence-corrected chi connectivity index (χ3v) is 8.26. The van der Waals surface area contributed by atoms with Gasteiger partial charge in [0.15, 0.2) is 9.84 Å². The summed E-state index contributed by atoms with van der Waals surface area (Å²) in [6, 6.07) is 13.6. The quantitative estimate of drug-likeness (QED) is 0.642. The summed E-state index contributed by atoms with van der Waals surface area (Å²) in [5, 5.41) is -0.309. The molecule has 0 radical (unpaired) electrons. The summed E-state index contributed by atoms with van der Waals surface area (Å²) in [5.41, 5.74) is 5.95. The van der Waals surface area contributed by atoms with Gasteiger partial charge in [-0.1, -0.05) is 51.9 Å². The van der Waals surface area contributed by atoms with Crippen molar-refractivity contribution in [3.63, 3.8) is 0 Å². The maximum atomic E-state index is 13.3. The fourth-order valence-corrected chi connectivity index (χ4v) is 6.71. The van der Waals surface area contributed by atoms with Crippen molar-refractivity contribution < 1.29 is 13.2 Å². The molecule has 0 aromatic heterocycles. The molecule has 8 heteroatoms. The molecule has 2 N–H and O–H groups in total. The predicted octanol–water partition coefficient (Wildman–Crippen LogP) is 3.96. The van der Waals surface area contributed by atoms with Crippen LogP contribution in [-0.2, 0) is 14.6 Å². The first kappa shape index (κ1) is 19.8. The molecule has 0 amide bonds. The molecule has 2 aromatic carbocycles. The fraction of sp³-hybridized carbons (Fsp3) is 0.278. The van der Waals surface area contributed by atoms with Gasteiger partial charge in [-0.15, -0.1) is 0 Å². The molecule has 0 heterocycles. The lowest BCUT2D eigenvalue weighted by atomic mass is 10.00. The van der Waals surface area contributed by atoms with Gasteiger partial charge in [0.2, 0.25) is 0 Å². The number of nitrogens with two attached hydrogens (primary N) is 1. The average molecular weight is 475 g/mol. The largest absolute Gasteiger partial charge is 0.393 e. The summed E-state index contributed by atoms with van der Waals surface area (Å²) in [6.45, 7) is 0.139. The van der Waals surface area contributed by atoms with Crippen LogP contribution in [0.25, 0.3) is 0 Å². The molecule has 1 saturated carbocycles. The Balaban J connectivity index is 2.11. The molecule has 1 fully saturated rings. The standard InChI is InChI=1S/C18H17BrClNO3S2/c1-24-10-18(17(21)25)15(11-2-4-12(19)5-3-11)16(18)26(22,23)14-8-6-13(20)7-9-14/h2-9,15-16H,10H2,1H3,(H2,21,25)/t15-,16-,18-/m0/s1. The summed E-state index contributed by atoms with van der Waals surface area (Å²) < 4.78 is 32.9. The van der Waals surface area contributed by atoms with E-state index in [-0.39, 0.29) is 22.4 Å². The topological polar surface area (TPSA) is 69.4 Å². The molecule has 1 aliphatic carbocycles. The maximum absolute atomic E-state index is 13.3. The highest BCUT2D eigenvalue weighted by Crippen LogP contribution is 2.64. The van der Waals surface area contributed by atoms with Crippen LogP contribution in [0.4, 0.5) is 0 Å². The summed E-state index contributed by atoms with van der Waals surface area (Å²) in [5.74, 6) is -0.367. The zero-order chi connectivity index (χ0) is 19.1. The second kappa shape index (κ2) is 7.20. The van der Waals surface area contributed by atoms with E-state index in [4.69, 9.17) is 34.3 Å². The van der Waals surface area contributed by atoms with Gasteiger partial charge in [-0.25, -0.2) is 8.42 Å². The lowest BCUT2D eigenvalue weighted by molar-refractivity contribution is 0.166. The van der Waals surface area contributed by atoms with Crippen LogP contribution in [0.5, 0.6) is 0 Å². The van der Waals surface area contributed by atoms with E-state index in [1.165, 1.54) is 19.2 Å². The highest BCUT2D eigenvalue weighted by molar-refractivity contribution is 9.10. The Morgan fingerprint density at radius 2 is 1.81 bits per heavy atom. The van der Waals surface area contributed by atoms with Crippen molar-refractivity contribution in [2.75, 3.05) is 13.7 Å². The molecule has 138 valence electrons. The molecule has 0 bridgehead atoms. The number of ether oxygens (including phenoxy) is 1. The smallest absolute Gasteiger partial charge is 0.182 e. The average Bonchev–Trinajstić information content (AvgIpc) is 3.27. The molecule has 0 unspecified atom stereocenters. The van der Waals surface area contributed by atoms with Gasteiger partial charge in [0, 0.05) is 22.5 Å². The summed E-state index contributed by atoms with van der Waals surface area (Å²) in [6.07, 6.45) is 0. The van der Waals surface area contributed by atoms with Gasteiger partial charge in [0.25, 0.3) is 0 Å². The van der Waals surface area contributed by atoms with Crippen molar-refractivity contribution in [1.29, 1.82) is 0 Å². The molecular weight excluding hydrogens is 458 g/mol. The molecule has 4 nitrogen and oxygen atoms in total. The van der Waals surface area contributed by atoms with Crippen molar-refractivity contribution >= 4 is 54.6 Å². The van der Waals surface area contributed by atoms with Crippen LogP contribution in [0.1, 0.15) is 11.5 Å². The molecule has 2 aromatic rings. The number of halogens is 2. The van der Waals surface area contributed by atoms with Crippen LogP contribution >= 0.6 is 39.7 Å². The van der Waals surface area contributed by atoms with Gasteiger partial charge in [0.05, 0.1) is 27.2 Å². The highest BCUT2D eigenvalue weighted by Gasteiger charge is 2.73. The molecule has 3 atom stereocenters. The van der Waals surface area contributed by atoms with Gasteiger partial charge < -0.3 is 10.5 Å². The first-order chi connectivity index (χ1) is 12.2. The van der Waals surface area contributed by atoms with Crippen LogP contribution in [-0.4, -0.2) is 32.4 Å². The van der Waals surface area contributed by atoms with E-state index >= 15 is 0 Å². The van der Waals surface area contributed by atoms with E-state index in [0.29, 0.717) is 5.02 Å². The second-order valence-electron chi connectivity index (χ2n) is 6.29. The van der Waals surface area contributed by atoms with Crippen LogP contribution in [0.2, 0.25) is 5.02 Å². The van der Waals surface area contributed by atoms with Crippen LogP contribution in [0.3, 0.4) is 0 Å². The fourth-order valence-electron chi connectivity index (χ4n) is 3.55. The van der Waals surface area contributed by atoms with E-state index in [1.54, 1.807) is 12.1 Å². The van der Waals surface area contributed by atoms with E-state index in [0.717, 1.165) is 10.0 Å². The molecule has 3 rings (SSSR count). The van der Waals surface area contributed by atoms with E-state index in [9.17, 15) is 8.42 Å². The Morgan fingerprint density at radius 1 is 1.23 bits per heavy atom. The minimum Gasteiger partial charge on any atom is -0.393 e. The van der Waals surface area contributed by atoms with E-state index in [2.05, 4.69) is 15.9 Å². The third-order valence-electron chi connectivity index (χ3n) is 4.80. The molecule has 0 spiro atoms. The Kier molecular flexibility index (Phi) is 5.48. The monoisotopic (exact) mass is 473 g/mol. The van der Waals surface area contributed by atoms with Crippen molar-refractivity contribution in [2.45, 2.75) is 16.1 Å². The SMILES string of the molecule is COC[C@]1(C(N)=S)[C@@H](c2ccc(Br)cc2)[C@@H]1S(=O)(=O)c1ccc(Cl)cc1. The number of hydrogen-bond donors (Lipinski definition) is 1. The highest BCUT2D eigenvalue weighted by atomic mass is 79.9. The van der Waals surface area contributed by atoms with Crippen molar-refractivity contribution in [3.8, 4) is 0 Å². The van der Waals surface area contributed by atoms with Crippen LogP contribution in [0.15, 0.2) is 57.9 Å². The minimum atomic E-state index is -3.68. The summed E-state index contributed by atoms with van der Waals surface area (Å²) >= 11 is 14.6. The van der Waals surface area contributed by atoms with Gasteiger partial charge in [-0.2, -0.15) is 0 Å². The Bertz CT molecular complexity index is 932. The lowest BCUT2D eigenvalue weighted by Gasteiger charge is -2.16. The zero-order valence-corrected chi connectivity index (χ0v) is 17.8. The van der Waals surface area contributed by atoms with Crippen LogP contribution < -0.4 is 5.73 Å². The minimum absolute atomic E-state index is 0.139. The number of benzene rings is 2. The van der Waals surface area contributed by atoms with Crippen molar-refractivity contribution in [1.82, 2.24) is 0 Å².